The number of aromatic nitrogens is 1. The Kier molecular flexibility index (Phi) is 8.24. The third-order valence-electron chi connectivity index (χ3n) is 5.21. The van der Waals surface area contributed by atoms with Gasteiger partial charge in [0, 0.05) is 22.4 Å². The summed E-state index contributed by atoms with van der Waals surface area (Å²) in [4.78, 5) is 29.9. The Morgan fingerprint density at radius 2 is 1.69 bits per heavy atom. The number of benzene rings is 3. The van der Waals surface area contributed by atoms with Crippen LogP contribution in [-0.4, -0.2) is 23.0 Å². The zero-order valence-corrected chi connectivity index (χ0v) is 21.2. The van der Waals surface area contributed by atoms with Gasteiger partial charge < -0.3 is 5.32 Å². The van der Waals surface area contributed by atoms with E-state index in [2.05, 4.69) is 36.8 Å². The number of hydrogen-bond donors (Lipinski definition) is 3. The van der Waals surface area contributed by atoms with Gasteiger partial charge in [-0.25, -0.2) is 9.82 Å². The number of rotatable bonds is 7. The molecule has 6 nitrogen and oxygen atoms in total. The highest BCUT2D eigenvalue weighted by Crippen LogP contribution is 2.29. The second-order valence-corrected chi connectivity index (χ2v) is 9.14. The predicted octanol–water partition coefficient (Wildman–Crippen LogP) is 6.02. The van der Waals surface area contributed by atoms with Crippen LogP contribution in [0.2, 0.25) is 0 Å². The van der Waals surface area contributed by atoms with Crippen LogP contribution in [0.25, 0.3) is 0 Å². The third-order valence-corrected chi connectivity index (χ3v) is 6.30. The van der Waals surface area contributed by atoms with Crippen molar-refractivity contribution in [2.75, 3.05) is 5.32 Å². The van der Waals surface area contributed by atoms with Gasteiger partial charge in [0.25, 0.3) is 11.8 Å². The minimum atomic E-state index is -0.521. The summed E-state index contributed by atoms with van der Waals surface area (Å²) < 4.78 is 13.7. The summed E-state index contributed by atoms with van der Waals surface area (Å²) >= 11 is 8.05. The lowest BCUT2D eigenvalue weighted by atomic mass is 10.0. The number of hydrazone groups is 1. The number of thiol groups is 1. The van der Waals surface area contributed by atoms with E-state index in [1.807, 2.05) is 18.2 Å². The van der Waals surface area contributed by atoms with Crippen LogP contribution in [0.1, 0.15) is 42.7 Å². The maximum absolute atomic E-state index is 13.1. The topological polar surface area (TPSA) is 83.5 Å². The molecule has 1 aromatic heterocycles. The van der Waals surface area contributed by atoms with Crippen molar-refractivity contribution in [3.63, 3.8) is 0 Å². The maximum atomic E-state index is 13.1. The molecule has 1 heterocycles. The summed E-state index contributed by atoms with van der Waals surface area (Å²) in [5.41, 5.74) is 5.82. The standard InChI is InChI=1S/C27H20BrFN4O2S/c28-21-6-9-24(23(15-21)27(35)33-31-16-17-4-7-22(29)8-5-17)32-26(34)20-3-1-2-19(14-20)25(36)18-10-12-30-13-11-18/h1-16,25,36H,(H,32,34)(H,33,35)/b31-16+. The van der Waals surface area contributed by atoms with Crippen molar-refractivity contribution in [2.45, 2.75) is 5.25 Å². The van der Waals surface area contributed by atoms with E-state index < -0.39 is 5.91 Å². The molecule has 4 aromatic rings. The quantitative estimate of drug-likeness (QED) is 0.146. The zero-order chi connectivity index (χ0) is 25.5. The summed E-state index contributed by atoms with van der Waals surface area (Å²) in [7, 11) is 0. The summed E-state index contributed by atoms with van der Waals surface area (Å²) in [5.74, 6) is -1.26. The number of anilines is 1. The molecule has 0 aliphatic rings. The van der Waals surface area contributed by atoms with Gasteiger partial charge in [-0.15, -0.1) is 0 Å². The van der Waals surface area contributed by atoms with Crippen LogP contribution in [0.4, 0.5) is 10.1 Å². The molecular formula is C27H20BrFN4O2S. The Balaban J connectivity index is 1.50. The van der Waals surface area contributed by atoms with E-state index in [1.165, 1.54) is 30.5 Å². The first-order chi connectivity index (χ1) is 17.4. The van der Waals surface area contributed by atoms with Gasteiger partial charge in [0.05, 0.1) is 22.7 Å². The van der Waals surface area contributed by atoms with Gasteiger partial charge in [-0.2, -0.15) is 17.7 Å². The van der Waals surface area contributed by atoms with Gasteiger partial charge in [-0.05, 0) is 71.3 Å². The fourth-order valence-electron chi connectivity index (χ4n) is 3.37. The molecule has 180 valence electrons. The van der Waals surface area contributed by atoms with Crippen molar-refractivity contribution in [3.8, 4) is 0 Å². The van der Waals surface area contributed by atoms with Crippen LogP contribution in [0.15, 0.2) is 101 Å². The van der Waals surface area contributed by atoms with Crippen LogP contribution >= 0.6 is 28.6 Å². The van der Waals surface area contributed by atoms with Crippen molar-refractivity contribution in [1.82, 2.24) is 10.4 Å². The first-order valence-corrected chi connectivity index (χ1v) is 12.1. The zero-order valence-electron chi connectivity index (χ0n) is 18.7. The number of amides is 2. The number of hydrogen-bond acceptors (Lipinski definition) is 5. The molecular weight excluding hydrogens is 543 g/mol. The van der Waals surface area contributed by atoms with Crippen molar-refractivity contribution >= 4 is 52.3 Å². The molecule has 1 atom stereocenters. The second-order valence-electron chi connectivity index (χ2n) is 7.70. The second kappa shape index (κ2) is 11.7. The molecule has 3 aromatic carbocycles. The van der Waals surface area contributed by atoms with Crippen molar-refractivity contribution in [1.29, 1.82) is 0 Å². The molecule has 36 heavy (non-hydrogen) atoms. The lowest BCUT2D eigenvalue weighted by Crippen LogP contribution is -2.21. The van der Waals surface area contributed by atoms with Gasteiger partial charge in [-0.1, -0.05) is 40.2 Å². The van der Waals surface area contributed by atoms with E-state index in [4.69, 9.17) is 12.6 Å². The van der Waals surface area contributed by atoms with Gasteiger partial charge in [0.1, 0.15) is 5.82 Å². The monoisotopic (exact) mass is 562 g/mol. The van der Waals surface area contributed by atoms with Crippen LogP contribution in [0.5, 0.6) is 0 Å². The van der Waals surface area contributed by atoms with Gasteiger partial charge in [-0.3, -0.25) is 14.6 Å². The van der Waals surface area contributed by atoms with E-state index in [1.54, 1.807) is 48.8 Å². The largest absolute Gasteiger partial charge is 0.321 e. The van der Waals surface area contributed by atoms with Gasteiger partial charge >= 0.3 is 0 Å². The average Bonchev–Trinajstić information content (AvgIpc) is 2.91. The average molecular weight is 563 g/mol. The maximum Gasteiger partial charge on any atom is 0.273 e. The van der Waals surface area contributed by atoms with E-state index in [0.29, 0.717) is 21.3 Å². The molecule has 0 radical (unpaired) electrons. The van der Waals surface area contributed by atoms with Crippen LogP contribution in [0, 0.1) is 5.82 Å². The smallest absolute Gasteiger partial charge is 0.273 e. The number of halogens is 2. The molecule has 4 rings (SSSR count). The highest BCUT2D eigenvalue weighted by atomic mass is 79.9. The molecule has 2 amide bonds. The minimum absolute atomic E-state index is 0.217. The van der Waals surface area contributed by atoms with E-state index in [-0.39, 0.29) is 22.5 Å². The molecule has 1 unspecified atom stereocenters. The molecule has 0 spiro atoms. The van der Waals surface area contributed by atoms with Crippen LogP contribution < -0.4 is 10.7 Å². The molecule has 0 aliphatic carbocycles. The summed E-state index contributed by atoms with van der Waals surface area (Å²) in [6.07, 6.45) is 4.79. The summed E-state index contributed by atoms with van der Waals surface area (Å²) in [6, 6.07) is 21.5. The minimum Gasteiger partial charge on any atom is -0.321 e. The number of carbonyl (C=O) groups is 2. The molecule has 0 fully saturated rings. The molecule has 0 saturated heterocycles. The number of nitrogens with zero attached hydrogens (tertiary/aromatic N) is 2. The molecule has 0 aliphatic heterocycles. The Morgan fingerprint density at radius 1 is 0.944 bits per heavy atom. The van der Waals surface area contributed by atoms with Crippen LogP contribution in [-0.2, 0) is 0 Å². The predicted molar refractivity (Wildman–Crippen MR) is 145 cm³/mol. The van der Waals surface area contributed by atoms with E-state index >= 15 is 0 Å². The molecule has 2 N–H and O–H groups in total. The molecule has 9 heteroatoms. The number of carbonyl (C=O) groups excluding carboxylic acids is 2. The van der Waals surface area contributed by atoms with Gasteiger partial charge in [0.2, 0.25) is 0 Å². The Bertz CT molecular complexity index is 1420. The lowest BCUT2D eigenvalue weighted by Gasteiger charge is -2.14. The Hall–Kier alpha value is -3.82. The third kappa shape index (κ3) is 6.44. The summed E-state index contributed by atoms with van der Waals surface area (Å²) in [5, 5.41) is 6.51. The highest BCUT2D eigenvalue weighted by Gasteiger charge is 2.17. The SMILES string of the molecule is O=C(Nc1ccc(Br)cc1C(=O)N/N=C/c1ccc(F)cc1)c1cccc(C(S)c2ccncc2)c1. The van der Waals surface area contributed by atoms with Crippen LogP contribution in [0.3, 0.4) is 0 Å². The van der Waals surface area contributed by atoms with Crippen molar-refractivity contribution in [2.24, 2.45) is 5.10 Å². The summed E-state index contributed by atoms with van der Waals surface area (Å²) in [6.45, 7) is 0. The molecule has 0 saturated carbocycles. The van der Waals surface area contributed by atoms with Crippen molar-refractivity contribution < 1.29 is 14.0 Å². The Morgan fingerprint density at radius 3 is 2.44 bits per heavy atom. The van der Waals surface area contributed by atoms with Crippen molar-refractivity contribution in [3.05, 3.63) is 129 Å². The van der Waals surface area contributed by atoms with Gasteiger partial charge in [0.15, 0.2) is 0 Å². The number of nitrogens with one attached hydrogen (secondary N) is 2. The van der Waals surface area contributed by atoms with E-state index in [0.717, 1.165) is 11.1 Å². The number of pyridine rings is 1. The fraction of sp³-hybridized carbons (Fsp3) is 0.0370. The molecule has 0 bridgehead atoms. The normalized spacial score (nSPS) is 11.8. The first-order valence-electron chi connectivity index (χ1n) is 10.8. The first kappa shape index (κ1) is 25.3. The fourth-order valence-corrected chi connectivity index (χ4v) is 4.06. The Labute approximate surface area is 221 Å². The highest BCUT2D eigenvalue weighted by molar-refractivity contribution is 9.10. The van der Waals surface area contributed by atoms with E-state index in [9.17, 15) is 14.0 Å². The lowest BCUT2D eigenvalue weighted by molar-refractivity contribution is 0.0956.